The lowest BCUT2D eigenvalue weighted by atomic mass is 9.72. The summed E-state index contributed by atoms with van der Waals surface area (Å²) in [5.74, 6) is 0.739. The van der Waals surface area contributed by atoms with Crippen molar-refractivity contribution >= 4 is 21.9 Å². The van der Waals surface area contributed by atoms with Crippen LogP contribution in [0.4, 0.5) is 0 Å². The number of aryl methyl sites for hydroxylation is 2. The van der Waals surface area contributed by atoms with Gasteiger partial charge in [0, 0.05) is 22.5 Å². The standard InChI is InChI=1S/C33H33NO/c1-21-9-7-10-22(2)31(21)23-15-16-26-27-13-8-14-28(32(27)35-30(26)19-23)29-20-25(17-18-34-29)33(3,4)24-11-5-6-12-24/h7-10,13-20,24H,5-6,11-12H2,1-4H3. The zero-order valence-corrected chi connectivity index (χ0v) is 21.2. The highest BCUT2D eigenvalue weighted by molar-refractivity contribution is 6.10. The molecule has 1 aliphatic carbocycles. The number of hydrogen-bond donors (Lipinski definition) is 0. The third kappa shape index (κ3) is 3.67. The highest BCUT2D eigenvalue weighted by atomic mass is 16.3. The Hall–Kier alpha value is -3.39. The molecule has 1 saturated carbocycles. The van der Waals surface area contributed by atoms with Crippen molar-refractivity contribution in [2.24, 2.45) is 5.92 Å². The minimum atomic E-state index is 0.149. The van der Waals surface area contributed by atoms with Gasteiger partial charge < -0.3 is 4.42 Å². The molecule has 176 valence electrons. The van der Waals surface area contributed by atoms with Crippen LogP contribution in [0.3, 0.4) is 0 Å². The van der Waals surface area contributed by atoms with Gasteiger partial charge in [-0.25, -0.2) is 0 Å². The summed E-state index contributed by atoms with van der Waals surface area (Å²) in [4.78, 5) is 4.80. The van der Waals surface area contributed by atoms with Crippen molar-refractivity contribution in [2.45, 2.75) is 58.8 Å². The molecular formula is C33H33NO. The van der Waals surface area contributed by atoms with Gasteiger partial charge in [-0.2, -0.15) is 0 Å². The maximum absolute atomic E-state index is 6.57. The maximum atomic E-state index is 6.57. The molecule has 0 amide bonds. The third-order valence-corrected chi connectivity index (χ3v) is 8.42. The Bertz CT molecular complexity index is 1530. The van der Waals surface area contributed by atoms with Crippen LogP contribution in [0, 0.1) is 19.8 Å². The van der Waals surface area contributed by atoms with E-state index in [0.29, 0.717) is 0 Å². The van der Waals surface area contributed by atoms with Crippen molar-refractivity contribution in [3.05, 3.63) is 89.6 Å². The second-order valence-corrected chi connectivity index (χ2v) is 10.9. The number of nitrogens with zero attached hydrogens (tertiary/aromatic N) is 1. The smallest absolute Gasteiger partial charge is 0.144 e. The summed E-state index contributed by atoms with van der Waals surface area (Å²) in [7, 11) is 0. The highest BCUT2D eigenvalue weighted by Crippen LogP contribution is 2.43. The number of furan rings is 1. The molecule has 2 heterocycles. The Morgan fingerprint density at radius 1 is 0.829 bits per heavy atom. The summed E-state index contributed by atoms with van der Waals surface area (Å²) in [6.07, 6.45) is 7.34. The van der Waals surface area contributed by atoms with Gasteiger partial charge in [-0.05, 0) is 96.2 Å². The molecular weight excluding hydrogens is 426 g/mol. The molecule has 0 atom stereocenters. The van der Waals surface area contributed by atoms with Crippen molar-refractivity contribution < 1.29 is 4.42 Å². The maximum Gasteiger partial charge on any atom is 0.144 e. The molecule has 3 aromatic carbocycles. The summed E-state index contributed by atoms with van der Waals surface area (Å²) in [5.41, 5.74) is 10.5. The molecule has 0 saturated heterocycles. The van der Waals surface area contributed by atoms with Crippen LogP contribution in [0.15, 0.2) is 77.3 Å². The van der Waals surface area contributed by atoms with Gasteiger partial charge in [0.05, 0.1) is 5.69 Å². The molecule has 2 nitrogen and oxygen atoms in total. The van der Waals surface area contributed by atoms with E-state index in [9.17, 15) is 0 Å². The second-order valence-electron chi connectivity index (χ2n) is 10.9. The van der Waals surface area contributed by atoms with Crippen LogP contribution >= 0.6 is 0 Å². The van der Waals surface area contributed by atoms with Gasteiger partial charge in [0.25, 0.3) is 0 Å². The van der Waals surface area contributed by atoms with E-state index in [1.54, 1.807) is 0 Å². The zero-order valence-electron chi connectivity index (χ0n) is 21.2. The molecule has 0 radical (unpaired) electrons. The molecule has 5 aromatic rings. The van der Waals surface area contributed by atoms with Crippen molar-refractivity contribution in [3.63, 3.8) is 0 Å². The fourth-order valence-corrected chi connectivity index (χ4v) is 6.29. The van der Waals surface area contributed by atoms with Crippen LogP contribution in [0.2, 0.25) is 0 Å². The fourth-order valence-electron chi connectivity index (χ4n) is 6.29. The molecule has 0 spiro atoms. The topological polar surface area (TPSA) is 26.0 Å². The van der Waals surface area contributed by atoms with Gasteiger partial charge in [-0.3, -0.25) is 4.98 Å². The van der Waals surface area contributed by atoms with Gasteiger partial charge in [0.2, 0.25) is 0 Å². The molecule has 1 fully saturated rings. The normalized spacial score (nSPS) is 14.9. The van der Waals surface area contributed by atoms with E-state index >= 15 is 0 Å². The van der Waals surface area contributed by atoms with E-state index in [0.717, 1.165) is 39.1 Å². The van der Waals surface area contributed by atoms with E-state index in [4.69, 9.17) is 9.40 Å². The number of fused-ring (bicyclic) bond motifs is 3. The summed E-state index contributed by atoms with van der Waals surface area (Å²) >= 11 is 0. The summed E-state index contributed by atoms with van der Waals surface area (Å²) in [6.45, 7) is 9.15. The number of pyridine rings is 1. The number of hydrogen-bond acceptors (Lipinski definition) is 2. The Labute approximate surface area is 208 Å². The van der Waals surface area contributed by atoms with E-state index in [1.165, 1.54) is 53.5 Å². The molecule has 0 unspecified atom stereocenters. The zero-order chi connectivity index (χ0) is 24.2. The average molecular weight is 460 g/mol. The van der Waals surface area contributed by atoms with E-state index in [-0.39, 0.29) is 5.41 Å². The van der Waals surface area contributed by atoms with E-state index < -0.39 is 0 Å². The Kier molecular flexibility index (Phi) is 5.29. The van der Waals surface area contributed by atoms with Crippen molar-refractivity contribution in [3.8, 4) is 22.4 Å². The molecule has 6 rings (SSSR count). The Morgan fingerprint density at radius 3 is 2.34 bits per heavy atom. The number of rotatable bonds is 4. The molecule has 2 heteroatoms. The summed E-state index contributed by atoms with van der Waals surface area (Å²) in [6, 6.07) is 24.0. The van der Waals surface area contributed by atoms with Crippen molar-refractivity contribution in [1.82, 2.24) is 4.98 Å². The molecule has 0 N–H and O–H groups in total. The van der Waals surface area contributed by atoms with E-state index in [1.807, 2.05) is 6.20 Å². The highest BCUT2D eigenvalue weighted by Gasteiger charge is 2.33. The number of benzene rings is 3. The quantitative estimate of drug-likeness (QED) is 0.267. The van der Waals surface area contributed by atoms with Gasteiger partial charge in [-0.15, -0.1) is 0 Å². The van der Waals surface area contributed by atoms with Crippen LogP contribution in [0.1, 0.15) is 56.2 Å². The monoisotopic (exact) mass is 459 g/mol. The fraction of sp³-hybridized carbons (Fsp3) is 0.303. The van der Waals surface area contributed by atoms with Crippen LogP contribution in [0.25, 0.3) is 44.3 Å². The Morgan fingerprint density at radius 2 is 1.57 bits per heavy atom. The van der Waals surface area contributed by atoms with Gasteiger partial charge in [0.15, 0.2) is 0 Å². The molecule has 2 aromatic heterocycles. The largest absolute Gasteiger partial charge is 0.455 e. The van der Waals surface area contributed by atoms with Gasteiger partial charge >= 0.3 is 0 Å². The first kappa shape index (κ1) is 22.1. The lowest BCUT2D eigenvalue weighted by molar-refractivity contribution is 0.325. The molecule has 0 bridgehead atoms. The van der Waals surface area contributed by atoms with Crippen molar-refractivity contribution in [2.75, 3.05) is 0 Å². The first-order valence-electron chi connectivity index (χ1n) is 12.9. The lowest BCUT2D eigenvalue weighted by Crippen LogP contribution is -2.26. The molecule has 1 aliphatic rings. The van der Waals surface area contributed by atoms with Crippen LogP contribution in [-0.2, 0) is 5.41 Å². The first-order valence-corrected chi connectivity index (χ1v) is 12.9. The summed E-state index contributed by atoms with van der Waals surface area (Å²) < 4.78 is 6.57. The molecule has 35 heavy (non-hydrogen) atoms. The van der Waals surface area contributed by atoms with E-state index in [2.05, 4.69) is 94.4 Å². The average Bonchev–Trinajstić information content (AvgIpc) is 3.52. The predicted molar refractivity (Wildman–Crippen MR) is 147 cm³/mol. The third-order valence-electron chi connectivity index (χ3n) is 8.42. The minimum absolute atomic E-state index is 0.149. The van der Waals surface area contributed by atoms with Gasteiger partial charge in [0.1, 0.15) is 11.2 Å². The van der Waals surface area contributed by atoms with Crippen LogP contribution in [-0.4, -0.2) is 4.98 Å². The SMILES string of the molecule is Cc1cccc(C)c1-c1ccc2c(c1)oc1c(-c3cc(C(C)(C)C4CCCC4)ccn3)cccc12. The predicted octanol–water partition coefficient (Wildman–Crippen LogP) is 9.40. The number of aromatic nitrogens is 1. The minimum Gasteiger partial charge on any atom is -0.455 e. The summed E-state index contributed by atoms with van der Waals surface area (Å²) in [5, 5.41) is 2.30. The second kappa shape index (κ2) is 8.37. The Balaban J connectivity index is 1.48. The van der Waals surface area contributed by atoms with Crippen LogP contribution in [0.5, 0.6) is 0 Å². The lowest BCUT2D eigenvalue weighted by Gasteiger charge is -2.32. The number of para-hydroxylation sites is 1. The van der Waals surface area contributed by atoms with Crippen LogP contribution < -0.4 is 0 Å². The van der Waals surface area contributed by atoms with Crippen molar-refractivity contribution in [1.29, 1.82) is 0 Å². The van der Waals surface area contributed by atoms with Gasteiger partial charge in [-0.1, -0.05) is 63.1 Å². The first-order chi connectivity index (χ1) is 16.9. The molecule has 0 aliphatic heterocycles.